The topological polar surface area (TPSA) is 56.0 Å². The molecule has 0 saturated heterocycles. The minimum atomic E-state index is -0.0402. The van der Waals surface area contributed by atoms with Gasteiger partial charge in [-0.15, -0.1) is 0 Å². The van der Waals surface area contributed by atoms with Gasteiger partial charge in [0.2, 0.25) is 0 Å². The van der Waals surface area contributed by atoms with E-state index in [0.29, 0.717) is 18.1 Å². The lowest BCUT2D eigenvalue weighted by atomic mass is 10.1. The number of pyridine rings is 1. The fraction of sp³-hybridized carbons (Fsp3) is 0.278. The van der Waals surface area contributed by atoms with Gasteiger partial charge < -0.3 is 9.47 Å². The Kier molecular flexibility index (Phi) is 3.45. The highest BCUT2D eigenvalue weighted by molar-refractivity contribution is 5.92. The third kappa shape index (κ3) is 2.31. The van der Waals surface area contributed by atoms with Gasteiger partial charge in [0.1, 0.15) is 5.69 Å². The van der Waals surface area contributed by atoms with E-state index in [2.05, 4.69) is 40.6 Å². The van der Waals surface area contributed by atoms with Crippen LogP contribution >= 0.6 is 0 Å². The van der Waals surface area contributed by atoms with Crippen LogP contribution in [0.3, 0.4) is 0 Å². The molecule has 0 bridgehead atoms. The van der Waals surface area contributed by atoms with Gasteiger partial charge in [-0.05, 0) is 44.2 Å². The van der Waals surface area contributed by atoms with Crippen molar-refractivity contribution in [3.8, 4) is 5.82 Å². The molecular weight excluding hydrogens is 302 g/mol. The molecule has 1 unspecified atom stereocenters. The summed E-state index contributed by atoms with van der Waals surface area (Å²) in [6.45, 7) is 5.68. The number of hydrogen-bond donors (Lipinski definition) is 0. The zero-order chi connectivity index (χ0) is 16.7. The zero-order valence-corrected chi connectivity index (χ0v) is 13.8. The second-order valence-electron chi connectivity index (χ2n) is 6.06. The van der Waals surface area contributed by atoms with Crippen LogP contribution in [-0.2, 0) is 6.54 Å². The molecule has 0 aliphatic carbocycles. The molecule has 1 aliphatic rings. The maximum atomic E-state index is 13.0. The number of fused-ring (bicyclic) bond motifs is 1. The van der Waals surface area contributed by atoms with E-state index in [1.165, 1.54) is 11.4 Å². The largest absolute Gasteiger partial charge is 0.345 e. The summed E-state index contributed by atoms with van der Waals surface area (Å²) in [6, 6.07) is 11.5. The highest BCUT2D eigenvalue weighted by Gasteiger charge is 2.29. The molecule has 0 N–H and O–H groups in total. The van der Waals surface area contributed by atoms with Crippen molar-refractivity contribution in [1.82, 2.24) is 24.2 Å². The van der Waals surface area contributed by atoms with E-state index in [0.717, 1.165) is 6.54 Å². The monoisotopic (exact) mass is 321 g/mol. The van der Waals surface area contributed by atoms with Crippen LogP contribution in [0.1, 0.15) is 34.8 Å². The van der Waals surface area contributed by atoms with Gasteiger partial charge in [-0.2, -0.15) is 5.10 Å². The first-order chi connectivity index (χ1) is 11.6. The smallest absolute Gasteiger partial charge is 0.273 e. The summed E-state index contributed by atoms with van der Waals surface area (Å²) in [5.41, 5.74) is 2.87. The quantitative estimate of drug-likeness (QED) is 0.729. The predicted molar refractivity (Wildman–Crippen MR) is 90.0 cm³/mol. The predicted octanol–water partition coefficient (Wildman–Crippen LogP) is 2.59. The van der Waals surface area contributed by atoms with Crippen LogP contribution < -0.4 is 0 Å². The molecule has 4 rings (SSSR count). The van der Waals surface area contributed by atoms with Crippen LogP contribution in [0.25, 0.3) is 5.82 Å². The molecule has 0 fully saturated rings. The first-order valence-electron chi connectivity index (χ1n) is 8.09. The normalized spacial score (nSPS) is 16.9. The summed E-state index contributed by atoms with van der Waals surface area (Å²) >= 11 is 0. The number of carbonyl (C=O) groups excluding carboxylic acids is 1. The van der Waals surface area contributed by atoms with Crippen LogP contribution in [0, 0.1) is 6.92 Å². The average molecular weight is 321 g/mol. The summed E-state index contributed by atoms with van der Waals surface area (Å²) < 4.78 is 3.94. The van der Waals surface area contributed by atoms with E-state index in [4.69, 9.17) is 0 Å². The van der Waals surface area contributed by atoms with Crippen LogP contribution in [0.2, 0.25) is 0 Å². The molecule has 122 valence electrons. The third-order valence-electron chi connectivity index (χ3n) is 4.65. The Balaban J connectivity index is 1.64. The molecule has 6 nitrogen and oxygen atoms in total. The van der Waals surface area contributed by atoms with Gasteiger partial charge in [-0.25, -0.2) is 9.67 Å². The molecule has 6 heteroatoms. The second-order valence-corrected chi connectivity index (χ2v) is 6.06. The average Bonchev–Trinajstić information content (AvgIpc) is 3.26. The highest BCUT2D eigenvalue weighted by atomic mass is 16.2. The first-order valence-corrected chi connectivity index (χ1v) is 8.09. The van der Waals surface area contributed by atoms with E-state index < -0.39 is 0 Å². The Bertz CT molecular complexity index is 881. The molecule has 3 aromatic heterocycles. The van der Waals surface area contributed by atoms with Crippen LogP contribution in [-0.4, -0.2) is 36.7 Å². The molecule has 24 heavy (non-hydrogen) atoms. The lowest BCUT2D eigenvalue weighted by Gasteiger charge is -2.35. The van der Waals surface area contributed by atoms with Crippen LogP contribution in [0.15, 0.2) is 48.8 Å². The molecule has 0 spiro atoms. The van der Waals surface area contributed by atoms with Gasteiger partial charge >= 0.3 is 0 Å². The van der Waals surface area contributed by atoms with Gasteiger partial charge in [-0.1, -0.05) is 6.07 Å². The maximum absolute atomic E-state index is 13.0. The van der Waals surface area contributed by atoms with Crippen molar-refractivity contribution >= 4 is 5.91 Å². The Hall–Kier alpha value is -2.89. The third-order valence-corrected chi connectivity index (χ3v) is 4.65. The molecule has 1 amide bonds. The van der Waals surface area contributed by atoms with Crippen molar-refractivity contribution in [3.05, 3.63) is 65.9 Å². The van der Waals surface area contributed by atoms with E-state index in [9.17, 15) is 4.79 Å². The number of hydrogen-bond acceptors (Lipinski definition) is 3. The zero-order valence-electron chi connectivity index (χ0n) is 13.8. The molecule has 0 saturated carbocycles. The van der Waals surface area contributed by atoms with E-state index in [1.807, 2.05) is 29.3 Å². The van der Waals surface area contributed by atoms with E-state index in [-0.39, 0.29) is 11.9 Å². The number of amides is 1. The summed E-state index contributed by atoms with van der Waals surface area (Å²) in [6.07, 6.45) is 3.51. The molecule has 3 aromatic rings. The van der Waals surface area contributed by atoms with E-state index in [1.54, 1.807) is 16.9 Å². The number of carbonyl (C=O) groups is 1. The molecule has 4 heterocycles. The van der Waals surface area contributed by atoms with Crippen LogP contribution in [0.5, 0.6) is 0 Å². The minimum Gasteiger partial charge on any atom is -0.345 e. The number of aryl methyl sites for hydroxylation is 1. The van der Waals surface area contributed by atoms with Gasteiger partial charge in [0.25, 0.3) is 5.91 Å². The first kappa shape index (κ1) is 14.7. The van der Waals surface area contributed by atoms with Crippen molar-refractivity contribution in [3.63, 3.8) is 0 Å². The maximum Gasteiger partial charge on any atom is 0.273 e. The van der Waals surface area contributed by atoms with Crippen molar-refractivity contribution in [2.75, 3.05) is 6.54 Å². The van der Waals surface area contributed by atoms with Crippen molar-refractivity contribution < 1.29 is 4.79 Å². The molecule has 0 radical (unpaired) electrons. The number of aromatic nitrogens is 4. The standard InChI is InChI=1S/C18H19N5O/c1-13-7-8-16-14(2)22(12-11-21(13)16)18(24)15-5-3-6-17(20-15)23-10-4-9-19-23/h3-10,14H,11-12H2,1-2H3. The van der Waals surface area contributed by atoms with Gasteiger partial charge in [0.05, 0.1) is 6.04 Å². The Morgan fingerprint density at radius 1 is 1.17 bits per heavy atom. The Morgan fingerprint density at radius 3 is 2.83 bits per heavy atom. The van der Waals surface area contributed by atoms with Gasteiger partial charge in [0, 0.05) is 36.9 Å². The summed E-state index contributed by atoms with van der Waals surface area (Å²) in [4.78, 5) is 19.4. The number of nitrogens with zero attached hydrogens (tertiary/aromatic N) is 5. The molecular formula is C18H19N5O. The SMILES string of the molecule is Cc1ccc2n1CCN(C(=O)c1cccc(-n3cccn3)n1)C2C. The van der Waals surface area contributed by atoms with Crippen molar-refractivity contribution in [2.24, 2.45) is 0 Å². The van der Waals surface area contributed by atoms with Gasteiger partial charge in [-0.3, -0.25) is 4.79 Å². The van der Waals surface area contributed by atoms with Crippen molar-refractivity contribution in [1.29, 1.82) is 0 Å². The lowest BCUT2D eigenvalue weighted by Crippen LogP contribution is -2.41. The number of rotatable bonds is 2. The van der Waals surface area contributed by atoms with E-state index >= 15 is 0 Å². The van der Waals surface area contributed by atoms with Crippen molar-refractivity contribution in [2.45, 2.75) is 26.4 Å². The highest BCUT2D eigenvalue weighted by Crippen LogP contribution is 2.28. The molecule has 0 aromatic carbocycles. The minimum absolute atomic E-state index is 0.0371. The summed E-state index contributed by atoms with van der Waals surface area (Å²) in [5, 5.41) is 4.17. The fourth-order valence-corrected chi connectivity index (χ4v) is 3.32. The Morgan fingerprint density at radius 2 is 2.04 bits per heavy atom. The van der Waals surface area contributed by atoms with Crippen LogP contribution in [0.4, 0.5) is 0 Å². The Labute approximate surface area is 140 Å². The fourth-order valence-electron chi connectivity index (χ4n) is 3.32. The van der Waals surface area contributed by atoms with Gasteiger partial charge in [0.15, 0.2) is 5.82 Å². The second kappa shape index (κ2) is 5.63. The molecule has 1 aliphatic heterocycles. The lowest BCUT2D eigenvalue weighted by molar-refractivity contribution is 0.0636. The summed E-state index contributed by atoms with van der Waals surface area (Å²) in [5.74, 6) is 0.608. The summed E-state index contributed by atoms with van der Waals surface area (Å²) in [7, 11) is 0. The molecule has 1 atom stereocenters.